The third-order valence-electron chi connectivity index (χ3n) is 2.96. The fourth-order valence-corrected chi connectivity index (χ4v) is 2.03. The van der Waals surface area contributed by atoms with E-state index in [9.17, 15) is 9.59 Å². The predicted octanol–water partition coefficient (Wildman–Crippen LogP) is 1.27. The molecule has 0 aromatic heterocycles. The molecular weight excluding hydrogens is 252 g/mol. The van der Waals surface area contributed by atoms with Gasteiger partial charge < -0.3 is 18.9 Å². The number of carbonyl (C=O) groups excluding carboxylic acids is 2. The zero-order valence-electron chi connectivity index (χ0n) is 10.9. The van der Waals surface area contributed by atoms with Gasteiger partial charge in [0.15, 0.2) is 11.5 Å². The number of esters is 2. The van der Waals surface area contributed by atoms with Gasteiger partial charge in [-0.25, -0.2) is 0 Å². The van der Waals surface area contributed by atoms with Crippen molar-refractivity contribution in [2.45, 2.75) is 12.3 Å². The topological polar surface area (TPSA) is 71.1 Å². The molecule has 1 atom stereocenters. The molecular formula is C13H14O6. The normalized spacial score (nSPS) is 18.2. The van der Waals surface area contributed by atoms with E-state index in [-0.39, 0.29) is 6.42 Å². The number of rotatable bonds is 4. The number of carbonyl (C=O) groups is 2. The van der Waals surface area contributed by atoms with E-state index in [1.807, 2.05) is 0 Å². The van der Waals surface area contributed by atoms with Gasteiger partial charge in [-0.15, -0.1) is 0 Å². The van der Waals surface area contributed by atoms with Gasteiger partial charge in [0.1, 0.15) is 0 Å². The molecule has 1 aromatic rings. The summed E-state index contributed by atoms with van der Waals surface area (Å²) < 4.78 is 20.1. The van der Waals surface area contributed by atoms with Crippen LogP contribution in [-0.2, 0) is 14.3 Å². The highest BCUT2D eigenvalue weighted by Crippen LogP contribution is 2.41. The predicted molar refractivity (Wildman–Crippen MR) is 64.6 cm³/mol. The van der Waals surface area contributed by atoms with Crippen molar-refractivity contribution in [2.24, 2.45) is 0 Å². The maximum Gasteiger partial charge on any atom is 0.321 e. The Labute approximate surface area is 110 Å². The first-order valence-electron chi connectivity index (χ1n) is 5.65. The minimum absolute atomic E-state index is 0.0253. The maximum atomic E-state index is 11.6. The van der Waals surface area contributed by atoms with Gasteiger partial charge in [0.05, 0.1) is 33.7 Å². The van der Waals surface area contributed by atoms with Crippen LogP contribution in [0.2, 0.25) is 0 Å². The lowest BCUT2D eigenvalue weighted by molar-refractivity contribution is -0.152. The standard InChI is InChI=1S/C13H14O6/c1-16-9-4-7(5-10(17-2)12(9)18-3)8-6-11(14)19-13(8)15/h4-5,8H,6H2,1-3H3. The summed E-state index contributed by atoms with van der Waals surface area (Å²) in [5, 5.41) is 0. The minimum Gasteiger partial charge on any atom is -0.493 e. The van der Waals surface area contributed by atoms with Crippen LogP contribution in [0.5, 0.6) is 17.2 Å². The van der Waals surface area contributed by atoms with E-state index in [1.165, 1.54) is 21.3 Å². The zero-order chi connectivity index (χ0) is 14.0. The minimum atomic E-state index is -0.624. The first kappa shape index (κ1) is 13.2. The lowest BCUT2D eigenvalue weighted by atomic mass is 9.97. The van der Waals surface area contributed by atoms with Gasteiger partial charge in [0, 0.05) is 0 Å². The second-order valence-corrected chi connectivity index (χ2v) is 4.01. The third-order valence-corrected chi connectivity index (χ3v) is 2.96. The van der Waals surface area contributed by atoms with Crippen LogP contribution >= 0.6 is 0 Å². The molecule has 2 rings (SSSR count). The van der Waals surface area contributed by atoms with Gasteiger partial charge >= 0.3 is 11.9 Å². The van der Waals surface area contributed by atoms with Gasteiger partial charge in [-0.1, -0.05) is 0 Å². The Hall–Kier alpha value is -2.24. The van der Waals surface area contributed by atoms with E-state index < -0.39 is 17.9 Å². The molecule has 1 aliphatic heterocycles. The van der Waals surface area contributed by atoms with E-state index >= 15 is 0 Å². The van der Waals surface area contributed by atoms with Gasteiger partial charge in [-0.05, 0) is 17.7 Å². The number of hydrogen-bond acceptors (Lipinski definition) is 6. The smallest absolute Gasteiger partial charge is 0.321 e. The monoisotopic (exact) mass is 266 g/mol. The molecule has 6 nitrogen and oxygen atoms in total. The summed E-state index contributed by atoms with van der Waals surface area (Å²) in [6.45, 7) is 0. The lowest BCUT2D eigenvalue weighted by Gasteiger charge is -2.15. The summed E-state index contributed by atoms with van der Waals surface area (Å²) in [5.74, 6) is -0.399. The Balaban J connectivity index is 2.47. The average Bonchev–Trinajstić information content (AvgIpc) is 2.75. The number of hydrogen-bond donors (Lipinski definition) is 0. The van der Waals surface area contributed by atoms with Crippen LogP contribution in [0.15, 0.2) is 12.1 Å². The van der Waals surface area contributed by atoms with Crippen molar-refractivity contribution in [1.29, 1.82) is 0 Å². The molecule has 0 radical (unpaired) electrons. The van der Waals surface area contributed by atoms with Gasteiger partial charge in [-0.2, -0.15) is 0 Å². The van der Waals surface area contributed by atoms with Gasteiger partial charge in [-0.3, -0.25) is 9.59 Å². The first-order valence-corrected chi connectivity index (χ1v) is 5.65. The van der Waals surface area contributed by atoms with Crippen molar-refractivity contribution in [3.05, 3.63) is 17.7 Å². The molecule has 1 fully saturated rings. The highest BCUT2D eigenvalue weighted by atomic mass is 16.6. The van der Waals surface area contributed by atoms with Crippen LogP contribution in [0.3, 0.4) is 0 Å². The molecule has 0 aliphatic carbocycles. The fourth-order valence-electron chi connectivity index (χ4n) is 2.03. The Morgan fingerprint density at radius 3 is 2.00 bits per heavy atom. The Morgan fingerprint density at radius 2 is 1.63 bits per heavy atom. The van der Waals surface area contributed by atoms with E-state index in [2.05, 4.69) is 4.74 Å². The highest BCUT2D eigenvalue weighted by Gasteiger charge is 2.35. The molecule has 1 aliphatic rings. The van der Waals surface area contributed by atoms with E-state index in [4.69, 9.17) is 14.2 Å². The number of cyclic esters (lactones) is 2. The van der Waals surface area contributed by atoms with Crippen LogP contribution in [0, 0.1) is 0 Å². The van der Waals surface area contributed by atoms with Crippen molar-refractivity contribution < 1.29 is 28.5 Å². The first-order chi connectivity index (χ1) is 9.10. The van der Waals surface area contributed by atoms with E-state index in [1.54, 1.807) is 12.1 Å². The highest BCUT2D eigenvalue weighted by molar-refractivity contribution is 5.98. The second-order valence-electron chi connectivity index (χ2n) is 4.01. The molecule has 102 valence electrons. The quantitative estimate of drug-likeness (QED) is 0.603. The van der Waals surface area contributed by atoms with Crippen molar-refractivity contribution in [3.8, 4) is 17.2 Å². The molecule has 1 heterocycles. The van der Waals surface area contributed by atoms with E-state index in [0.717, 1.165) is 0 Å². The summed E-state index contributed by atoms with van der Waals surface area (Å²) in [4.78, 5) is 22.7. The van der Waals surface area contributed by atoms with Crippen LogP contribution in [0.25, 0.3) is 0 Å². The molecule has 0 bridgehead atoms. The summed E-state index contributed by atoms with van der Waals surface area (Å²) >= 11 is 0. The molecule has 0 spiro atoms. The number of methoxy groups -OCH3 is 3. The fraction of sp³-hybridized carbons (Fsp3) is 0.385. The molecule has 1 saturated heterocycles. The molecule has 0 N–H and O–H groups in total. The maximum absolute atomic E-state index is 11.6. The Kier molecular flexibility index (Phi) is 3.59. The molecule has 19 heavy (non-hydrogen) atoms. The van der Waals surface area contributed by atoms with Gasteiger partial charge in [0.2, 0.25) is 5.75 Å². The number of benzene rings is 1. The summed E-state index contributed by atoms with van der Waals surface area (Å²) in [5.41, 5.74) is 0.602. The summed E-state index contributed by atoms with van der Waals surface area (Å²) in [6.07, 6.45) is 0.0253. The Bertz CT molecular complexity index is 497. The van der Waals surface area contributed by atoms with Crippen LogP contribution in [0.1, 0.15) is 17.9 Å². The zero-order valence-corrected chi connectivity index (χ0v) is 10.9. The third kappa shape index (κ3) is 2.33. The van der Waals surface area contributed by atoms with Crippen LogP contribution in [-0.4, -0.2) is 33.3 Å². The Morgan fingerprint density at radius 1 is 1.05 bits per heavy atom. The molecule has 6 heteroatoms. The number of ether oxygens (including phenoxy) is 4. The van der Waals surface area contributed by atoms with Crippen LogP contribution < -0.4 is 14.2 Å². The SMILES string of the molecule is COc1cc(C2CC(=O)OC2=O)cc(OC)c1OC. The van der Waals surface area contributed by atoms with Gasteiger partial charge in [0.25, 0.3) is 0 Å². The largest absolute Gasteiger partial charge is 0.493 e. The molecule has 1 aromatic carbocycles. The van der Waals surface area contributed by atoms with Crippen molar-refractivity contribution in [2.75, 3.05) is 21.3 Å². The molecule has 0 saturated carbocycles. The molecule has 1 unspecified atom stereocenters. The van der Waals surface area contributed by atoms with Crippen molar-refractivity contribution >= 4 is 11.9 Å². The summed E-state index contributed by atoms with van der Waals surface area (Å²) in [6, 6.07) is 3.29. The molecule has 0 amide bonds. The lowest BCUT2D eigenvalue weighted by Crippen LogP contribution is -2.07. The van der Waals surface area contributed by atoms with Crippen molar-refractivity contribution in [3.63, 3.8) is 0 Å². The van der Waals surface area contributed by atoms with Crippen LogP contribution in [0.4, 0.5) is 0 Å². The van der Waals surface area contributed by atoms with E-state index in [0.29, 0.717) is 22.8 Å². The van der Waals surface area contributed by atoms with Crippen molar-refractivity contribution in [1.82, 2.24) is 0 Å². The second kappa shape index (κ2) is 5.17. The summed E-state index contributed by atoms with van der Waals surface area (Å²) in [7, 11) is 4.46. The average molecular weight is 266 g/mol.